The highest BCUT2D eigenvalue weighted by Gasteiger charge is 1.93. The van der Waals surface area contributed by atoms with Crippen molar-refractivity contribution in [2.75, 3.05) is 19.8 Å². The summed E-state index contributed by atoms with van der Waals surface area (Å²) in [6.45, 7) is 5.33. The molecule has 0 unspecified atom stereocenters. The van der Waals surface area contributed by atoms with Gasteiger partial charge in [-0.1, -0.05) is 13.3 Å². The summed E-state index contributed by atoms with van der Waals surface area (Å²) in [5.41, 5.74) is 0. The topological polar surface area (TPSA) is 47.0 Å². The monoisotopic (exact) mass is 209 g/mol. The minimum absolute atomic E-state index is 0.706. The summed E-state index contributed by atoms with van der Waals surface area (Å²) in [6, 6.07) is 1.82. The molecule has 1 aromatic heterocycles. The van der Waals surface area contributed by atoms with Gasteiger partial charge >= 0.3 is 0 Å². The van der Waals surface area contributed by atoms with Gasteiger partial charge in [0.25, 0.3) is 0 Å². The van der Waals surface area contributed by atoms with Crippen molar-refractivity contribution in [3.8, 4) is 0 Å². The van der Waals surface area contributed by atoms with Gasteiger partial charge in [-0.25, -0.2) is 9.97 Å². The van der Waals surface area contributed by atoms with Gasteiger partial charge in [0.05, 0.1) is 13.2 Å². The molecule has 0 aliphatic carbocycles. The first-order chi connectivity index (χ1) is 7.43. The van der Waals surface area contributed by atoms with Crippen LogP contribution in [0.1, 0.15) is 25.6 Å². The molecule has 84 valence electrons. The lowest BCUT2D eigenvalue weighted by molar-refractivity contribution is 0.132. The van der Waals surface area contributed by atoms with Crippen molar-refractivity contribution in [2.24, 2.45) is 0 Å². The summed E-state index contributed by atoms with van der Waals surface area (Å²) in [7, 11) is 0. The summed E-state index contributed by atoms with van der Waals surface area (Å²) in [5.74, 6) is 0.825. The summed E-state index contributed by atoms with van der Waals surface area (Å²) < 4.78 is 5.41. The molecule has 0 bridgehead atoms. The summed E-state index contributed by atoms with van der Waals surface area (Å²) >= 11 is 0. The largest absolute Gasteiger partial charge is 0.380 e. The molecular weight excluding hydrogens is 190 g/mol. The van der Waals surface area contributed by atoms with Crippen LogP contribution in [0.4, 0.5) is 0 Å². The van der Waals surface area contributed by atoms with Gasteiger partial charge in [0.2, 0.25) is 0 Å². The van der Waals surface area contributed by atoms with E-state index in [9.17, 15) is 0 Å². The van der Waals surface area contributed by atoms with Crippen molar-refractivity contribution in [1.29, 1.82) is 0 Å². The van der Waals surface area contributed by atoms with E-state index in [0.29, 0.717) is 6.54 Å². The molecule has 0 amide bonds. The van der Waals surface area contributed by atoms with Crippen molar-refractivity contribution in [1.82, 2.24) is 15.3 Å². The van der Waals surface area contributed by atoms with Crippen LogP contribution in [0.2, 0.25) is 0 Å². The predicted molar refractivity (Wildman–Crippen MR) is 59.5 cm³/mol. The average molecular weight is 209 g/mol. The van der Waals surface area contributed by atoms with Gasteiger partial charge in [-0.05, 0) is 12.5 Å². The zero-order valence-electron chi connectivity index (χ0n) is 9.28. The highest BCUT2D eigenvalue weighted by molar-refractivity contribution is 4.87. The van der Waals surface area contributed by atoms with Crippen molar-refractivity contribution in [2.45, 2.75) is 26.3 Å². The number of unbranched alkanes of at least 4 members (excludes halogenated alkanes) is 1. The van der Waals surface area contributed by atoms with Crippen LogP contribution >= 0.6 is 0 Å². The van der Waals surface area contributed by atoms with E-state index in [1.54, 1.807) is 12.4 Å². The van der Waals surface area contributed by atoms with Gasteiger partial charge in [0, 0.05) is 25.5 Å². The quantitative estimate of drug-likeness (QED) is 0.657. The first-order valence-electron chi connectivity index (χ1n) is 5.48. The minimum atomic E-state index is 0.706. The average Bonchev–Trinajstić information content (AvgIpc) is 2.29. The lowest BCUT2D eigenvalue weighted by Gasteiger charge is -2.04. The van der Waals surface area contributed by atoms with Crippen LogP contribution < -0.4 is 5.32 Å². The van der Waals surface area contributed by atoms with E-state index >= 15 is 0 Å². The summed E-state index contributed by atoms with van der Waals surface area (Å²) in [6.07, 6.45) is 5.83. The fourth-order valence-corrected chi connectivity index (χ4v) is 1.11. The fourth-order valence-electron chi connectivity index (χ4n) is 1.11. The van der Waals surface area contributed by atoms with Gasteiger partial charge in [-0.3, -0.25) is 0 Å². The third kappa shape index (κ3) is 6.14. The van der Waals surface area contributed by atoms with Crippen LogP contribution in [-0.2, 0) is 11.3 Å². The Balaban J connectivity index is 1.93. The Morgan fingerprint density at radius 2 is 2.07 bits per heavy atom. The second-order valence-corrected chi connectivity index (χ2v) is 3.31. The molecule has 0 fully saturated rings. The van der Waals surface area contributed by atoms with Crippen LogP contribution in [0.5, 0.6) is 0 Å². The van der Waals surface area contributed by atoms with E-state index in [0.717, 1.165) is 32.0 Å². The minimum Gasteiger partial charge on any atom is -0.380 e. The van der Waals surface area contributed by atoms with E-state index in [4.69, 9.17) is 4.74 Å². The molecule has 1 heterocycles. The fraction of sp³-hybridized carbons (Fsp3) is 0.636. The lowest BCUT2D eigenvalue weighted by Crippen LogP contribution is -2.20. The Hall–Kier alpha value is -1.00. The van der Waals surface area contributed by atoms with Crippen LogP contribution in [0, 0.1) is 0 Å². The van der Waals surface area contributed by atoms with E-state index in [1.807, 2.05) is 6.07 Å². The Bertz CT molecular complexity index is 241. The second kappa shape index (κ2) is 8.32. The normalized spacial score (nSPS) is 10.5. The smallest absolute Gasteiger partial charge is 0.141 e. The SMILES string of the molecule is CCCCOCCNCc1ncccn1. The number of hydrogen-bond acceptors (Lipinski definition) is 4. The molecule has 0 aliphatic rings. The molecule has 0 atom stereocenters. The van der Waals surface area contributed by atoms with Gasteiger partial charge in [-0.2, -0.15) is 0 Å². The Kier molecular flexibility index (Phi) is 6.70. The van der Waals surface area contributed by atoms with Gasteiger partial charge in [-0.15, -0.1) is 0 Å². The van der Waals surface area contributed by atoms with Gasteiger partial charge in [0.1, 0.15) is 5.82 Å². The molecule has 1 rings (SSSR count). The van der Waals surface area contributed by atoms with Gasteiger partial charge in [0.15, 0.2) is 0 Å². The number of hydrogen-bond donors (Lipinski definition) is 1. The molecule has 4 heteroatoms. The molecule has 0 spiro atoms. The van der Waals surface area contributed by atoms with Crippen molar-refractivity contribution < 1.29 is 4.74 Å². The maximum absolute atomic E-state index is 5.41. The van der Waals surface area contributed by atoms with Crippen LogP contribution in [0.3, 0.4) is 0 Å². The standard InChI is InChI=1S/C11H19N3O/c1-2-3-8-15-9-7-12-10-11-13-5-4-6-14-11/h4-6,12H,2-3,7-10H2,1H3. The molecule has 0 radical (unpaired) electrons. The van der Waals surface area contributed by atoms with Gasteiger partial charge < -0.3 is 10.1 Å². The molecule has 15 heavy (non-hydrogen) atoms. The maximum atomic E-state index is 5.41. The summed E-state index contributed by atoms with van der Waals surface area (Å²) in [5, 5.41) is 3.23. The number of nitrogens with one attached hydrogen (secondary N) is 1. The molecular formula is C11H19N3O. The number of rotatable bonds is 8. The first-order valence-corrected chi connectivity index (χ1v) is 5.48. The highest BCUT2D eigenvalue weighted by Crippen LogP contribution is 1.88. The Morgan fingerprint density at radius 1 is 1.27 bits per heavy atom. The van der Waals surface area contributed by atoms with Crippen molar-refractivity contribution in [3.63, 3.8) is 0 Å². The van der Waals surface area contributed by atoms with E-state index in [1.165, 1.54) is 6.42 Å². The lowest BCUT2D eigenvalue weighted by atomic mass is 10.4. The zero-order valence-corrected chi connectivity index (χ0v) is 9.28. The molecule has 1 N–H and O–H groups in total. The molecule has 1 aromatic rings. The maximum Gasteiger partial charge on any atom is 0.141 e. The van der Waals surface area contributed by atoms with Crippen molar-refractivity contribution >= 4 is 0 Å². The Morgan fingerprint density at radius 3 is 2.80 bits per heavy atom. The molecule has 0 saturated heterocycles. The third-order valence-electron chi connectivity index (χ3n) is 1.97. The summed E-state index contributed by atoms with van der Waals surface area (Å²) in [4.78, 5) is 8.22. The van der Waals surface area contributed by atoms with Crippen LogP contribution in [-0.4, -0.2) is 29.7 Å². The van der Waals surface area contributed by atoms with Crippen LogP contribution in [0.25, 0.3) is 0 Å². The third-order valence-corrected chi connectivity index (χ3v) is 1.97. The van der Waals surface area contributed by atoms with E-state index in [-0.39, 0.29) is 0 Å². The number of ether oxygens (including phenoxy) is 1. The van der Waals surface area contributed by atoms with E-state index in [2.05, 4.69) is 22.2 Å². The second-order valence-electron chi connectivity index (χ2n) is 3.31. The Labute approximate surface area is 91.1 Å². The van der Waals surface area contributed by atoms with Crippen molar-refractivity contribution in [3.05, 3.63) is 24.3 Å². The number of aromatic nitrogens is 2. The molecule has 0 aliphatic heterocycles. The zero-order chi connectivity index (χ0) is 10.8. The highest BCUT2D eigenvalue weighted by atomic mass is 16.5. The molecule has 0 saturated carbocycles. The predicted octanol–water partition coefficient (Wildman–Crippen LogP) is 1.38. The molecule has 4 nitrogen and oxygen atoms in total. The van der Waals surface area contributed by atoms with Crippen LogP contribution in [0.15, 0.2) is 18.5 Å². The molecule has 0 aromatic carbocycles. The van der Waals surface area contributed by atoms with E-state index < -0.39 is 0 Å². The first kappa shape index (κ1) is 12.1. The number of nitrogens with zero attached hydrogens (tertiary/aromatic N) is 2.